The zero-order valence-electron chi connectivity index (χ0n) is 11.7. The van der Waals surface area contributed by atoms with Crippen molar-refractivity contribution in [3.05, 3.63) is 24.3 Å². The van der Waals surface area contributed by atoms with E-state index in [0.717, 1.165) is 31.7 Å². The van der Waals surface area contributed by atoms with E-state index in [1.807, 2.05) is 6.92 Å². The summed E-state index contributed by atoms with van der Waals surface area (Å²) in [6, 6.07) is 5.19. The maximum atomic E-state index is 12.7. The molecule has 0 saturated heterocycles. The van der Waals surface area contributed by atoms with E-state index in [2.05, 4.69) is 5.32 Å². The fourth-order valence-electron chi connectivity index (χ4n) is 2.59. The topological polar surface area (TPSA) is 46.2 Å². The summed E-state index contributed by atoms with van der Waals surface area (Å²) in [6.07, 6.45) is 4.07. The maximum absolute atomic E-state index is 12.7. The Bertz CT molecular complexity index is 601. The largest absolute Gasteiger partial charge is 0.501 e. The molecule has 0 aliphatic heterocycles. The van der Waals surface area contributed by atoms with Crippen LogP contribution in [0.3, 0.4) is 0 Å². The Labute approximate surface area is 122 Å². The van der Waals surface area contributed by atoms with E-state index in [9.17, 15) is 21.6 Å². The highest BCUT2D eigenvalue weighted by molar-refractivity contribution is 7.92. The zero-order valence-corrected chi connectivity index (χ0v) is 12.5. The summed E-state index contributed by atoms with van der Waals surface area (Å²) >= 11 is 0. The molecule has 0 atom stereocenters. The minimum Gasteiger partial charge on any atom is -0.383 e. The van der Waals surface area contributed by atoms with Gasteiger partial charge in [-0.25, -0.2) is 8.42 Å². The third-order valence-electron chi connectivity index (χ3n) is 4.30. The first-order valence-corrected chi connectivity index (χ1v) is 8.34. The van der Waals surface area contributed by atoms with Gasteiger partial charge in [0.1, 0.15) is 0 Å². The number of halogens is 3. The average Bonchev–Trinajstić information content (AvgIpc) is 2.37. The molecular weight excluding hydrogens is 303 g/mol. The molecule has 0 unspecified atom stereocenters. The monoisotopic (exact) mass is 321 g/mol. The molecule has 0 heterocycles. The van der Waals surface area contributed by atoms with Crippen LogP contribution in [-0.4, -0.2) is 20.5 Å². The lowest BCUT2D eigenvalue weighted by atomic mass is 9.67. The predicted octanol–water partition coefficient (Wildman–Crippen LogP) is 3.97. The van der Waals surface area contributed by atoms with Gasteiger partial charge in [0.05, 0.1) is 10.6 Å². The molecule has 2 rings (SSSR count). The van der Waals surface area contributed by atoms with Crippen molar-refractivity contribution in [2.24, 2.45) is 5.41 Å². The minimum absolute atomic E-state index is 0.0227. The van der Waals surface area contributed by atoms with Crippen molar-refractivity contribution in [1.82, 2.24) is 0 Å². The fourth-order valence-corrected chi connectivity index (χ4v) is 3.52. The lowest BCUT2D eigenvalue weighted by molar-refractivity contribution is -0.0435. The van der Waals surface area contributed by atoms with Gasteiger partial charge in [-0.15, -0.1) is 0 Å². The van der Waals surface area contributed by atoms with E-state index >= 15 is 0 Å². The van der Waals surface area contributed by atoms with Gasteiger partial charge in [0.25, 0.3) is 9.84 Å². The van der Waals surface area contributed by atoms with Gasteiger partial charge in [-0.2, -0.15) is 13.2 Å². The van der Waals surface area contributed by atoms with Crippen LogP contribution in [0.2, 0.25) is 0 Å². The molecule has 3 nitrogen and oxygen atoms in total. The number of alkyl halides is 3. The highest BCUT2D eigenvalue weighted by atomic mass is 32.2. The summed E-state index contributed by atoms with van der Waals surface area (Å²) in [4.78, 5) is -0.705. The van der Waals surface area contributed by atoms with Gasteiger partial charge in [-0.1, -0.05) is 25.5 Å². The van der Waals surface area contributed by atoms with E-state index in [1.54, 1.807) is 0 Å². The summed E-state index contributed by atoms with van der Waals surface area (Å²) in [7, 11) is -5.33. The van der Waals surface area contributed by atoms with E-state index in [1.165, 1.54) is 18.2 Å². The lowest BCUT2D eigenvalue weighted by Crippen LogP contribution is -2.36. The normalized spacial score (nSPS) is 18.1. The number of rotatable bonds is 5. The SMILES string of the molecule is CCC1(CNc2ccccc2S(=O)(=O)C(F)(F)F)CCC1. The van der Waals surface area contributed by atoms with Crippen LogP contribution >= 0.6 is 0 Å². The second-order valence-electron chi connectivity index (χ2n) is 5.51. The van der Waals surface area contributed by atoms with Crippen molar-refractivity contribution in [3.8, 4) is 0 Å². The molecule has 1 aliphatic rings. The highest BCUT2D eigenvalue weighted by Crippen LogP contribution is 2.44. The Balaban J connectivity index is 2.26. The third kappa shape index (κ3) is 3.02. The van der Waals surface area contributed by atoms with E-state index in [-0.39, 0.29) is 11.1 Å². The number of nitrogens with one attached hydrogen (secondary N) is 1. The van der Waals surface area contributed by atoms with Crippen LogP contribution in [0.1, 0.15) is 32.6 Å². The Hall–Kier alpha value is -1.24. The number of para-hydroxylation sites is 1. The molecule has 0 aromatic heterocycles. The molecule has 0 radical (unpaired) electrons. The first-order valence-electron chi connectivity index (χ1n) is 6.86. The molecule has 21 heavy (non-hydrogen) atoms. The summed E-state index contributed by atoms with van der Waals surface area (Å²) < 4.78 is 61.3. The molecule has 1 aromatic carbocycles. The molecule has 1 N–H and O–H groups in total. The Morgan fingerprint density at radius 1 is 1.24 bits per heavy atom. The van der Waals surface area contributed by atoms with Crippen LogP contribution in [0.5, 0.6) is 0 Å². The van der Waals surface area contributed by atoms with Gasteiger partial charge in [0, 0.05) is 6.54 Å². The summed E-state index contributed by atoms with van der Waals surface area (Å²) in [5, 5.41) is 2.91. The minimum atomic E-state index is -5.33. The number of hydrogen-bond donors (Lipinski definition) is 1. The van der Waals surface area contributed by atoms with Crippen LogP contribution in [0, 0.1) is 5.41 Å². The molecule has 118 valence electrons. The van der Waals surface area contributed by atoms with Crippen molar-refractivity contribution in [2.45, 2.75) is 43.0 Å². The Morgan fingerprint density at radius 3 is 2.33 bits per heavy atom. The van der Waals surface area contributed by atoms with Gasteiger partial charge in [0.2, 0.25) is 0 Å². The number of anilines is 1. The van der Waals surface area contributed by atoms with Crippen LogP contribution in [0.15, 0.2) is 29.2 Å². The summed E-state index contributed by atoms with van der Waals surface area (Å²) in [5.41, 5.74) is -5.19. The molecular formula is C14H18F3NO2S. The smallest absolute Gasteiger partial charge is 0.383 e. The second kappa shape index (κ2) is 5.51. The molecule has 0 bridgehead atoms. The van der Waals surface area contributed by atoms with E-state index in [0.29, 0.717) is 6.54 Å². The van der Waals surface area contributed by atoms with Crippen LogP contribution < -0.4 is 5.32 Å². The molecule has 1 fully saturated rings. The van der Waals surface area contributed by atoms with Crippen molar-refractivity contribution < 1.29 is 21.6 Å². The van der Waals surface area contributed by atoms with Crippen LogP contribution in [-0.2, 0) is 9.84 Å². The lowest BCUT2D eigenvalue weighted by Gasteiger charge is -2.41. The van der Waals surface area contributed by atoms with Gasteiger partial charge in [-0.05, 0) is 36.8 Å². The first kappa shape index (κ1) is 16.1. The van der Waals surface area contributed by atoms with Crippen LogP contribution in [0.4, 0.5) is 18.9 Å². The Kier molecular flexibility index (Phi) is 4.24. The Morgan fingerprint density at radius 2 is 1.86 bits per heavy atom. The molecule has 0 amide bonds. The molecule has 1 saturated carbocycles. The first-order chi connectivity index (χ1) is 9.72. The molecule has 0 spiro atoms. The van der Waals surface area contributed by atoms with Gasteiger partial charge < -0.3 is 5.32 Å². The van der Waals surface area contributed by atoms with Gasteiger partial charge in [-0.3, -0.25) is 0 Å². The molecule has 7 heteroatoms. The number of sulfone groups is 1. The average molecular weight is 321 g/mol. The fraction of sp³-hybridized carbons (Fsp3) is 0.571. The van der Waals surface area contributed by atoms with E-state index < -0.39 is 20.2 Å². The maximum Gasteiger partial charge on any atom is 0.501 e. The summed E-state index contributed by atoms with van der Waals surface area (Å²) in [5.74, 6) is 0. The van der Waals surface area contributed by atoms with Gasteiger partial charge >= 0.3 is 5.51 Å². The summed E-state index contributed by atoms with van der Waals surface area (Å²) in [6.45, 7) is 2.53. The highest BCUT2D eigenvalue weighted by Gasteiger charge is 2.48. The van der Waals surface area contributed by atoms with Crippen molar-refractivity contribution >= 4 is 15.5 Å². The van der Waals surface area contributed by atoms with Gasteiger partial charge in [0.15, 0.2) is 0 Å². The number of benzene rings is 1. The third-order valence-corrected chi connectivity index (χ3v) is 5.84. The molecule has 1 aliphatic carbocycles. The standard InChI is InChI=1S/C14H18F3NO2S/c1-2-13(8-5-9-13)10-18-11-6-3-4-7-12(11)21(19,20)14(15,16)17/h3-4,6-7,18H,2,5,8-10H2,1H3. The quantitative estimate of drug-likeness (QED) is 0.892. The second-order valence-corrected chi connectivity index (χ2v) is 7.42. The van der Waals surface area contributed by atoms with Crippen molar-refractivity contribution in [3.63, 3.8) is 0 Å². The number of hydrogen-bond acceptors (Lipinski definition) is 3. The van der Waals surface area contributed by atoms with Crippen LogP contribution in [0.25, 0.3) is 0 Å². The predicted molar refractivity (Wildman–Crippen MR) is 74.7 cm³/mol. The molecule has 1 aromatic rings. The zero-order chi connectivity index (χ0) is 15.7. The van der Waals surface area contributed by atoms with Crippen molar-refractivity contribution in [2.75, 3.05) is 11.9 Å². The van der Waals surface area contributed by atoms with Crippen molar-refractivity contribution in [1.29, 1.82) is 0 Å². The van der Waals surface area contributed by atoms with E-state index in [4.69, 9.17) is 0 Å².